The minimum Gasteiger partial charge on any atom is -0.480 e. The molecule has 0 saturated carbocycles. The third kappa shape index (κ3) is 3.85. The van der Waals surface area contributed by atoms with Crippen LogP contribution in [0.2, 0.25) is 0 Å². The van der Waals surface area contributed by atoms with Crippen LogP contribution in [0.5, 0.6) is 0 Å². The lowest BCUT2D eigenvalue weighted by Crippen LogP contribution is -2.52. The van der Waals surface area contributed by atoms with Crippen molar-refractivity contribution < 1.29 is 14.7 Å². The van der Waals surface area contributed by atoms with E-state index in [1.54, 1.807) is 14.0 Å². The molecule has 5 nitrogen and oxygen atoms in total. The van der Waals surface area contributed by atoms with Gasteiger partial charge in [-0.2, -0.15) is 0 Å². The van der Waals surface area contributed by atoms with E-state index in [1.165, 1.54) is 10.5 Å². The Morgan fingerprint density at radius 1 is 1.32 bits per heavy atom. The SMILES string of the molecule is C[C@H](C(=O)O)N(C)C(=O)[C@H]1CCCCN1Cc1ccccc1. The van der Waals surface area contributed by atoms with E-state index in [2.05, 4.69) is 17.0 Å². The number of piperidine rings is 1. The highest BCUT2D eigenvalue weighted by atomic mass is 16.4. The van der Waals surface area contributed by atoms with Crippen molar-refractivity contribution in [3.8, 4) is 0 Å². The average molecular weight is 304 g/mol. The molecule has 120 valence electrons. The van der Waals surface area contributed by atoms with Crippen LogP contribution in [0, 0.1) is 0 Å². The summed E-state index contributed by atoms with van der Waals surface area (Å²) in [4.78, 5) is 27.3. The number of carbonyl (C=O) groups excluding carboxylic acids is 1. The lowest BCUT2D eigenvalue weighted by molar-refractivity contribution is -0.151. The second-order valence-corrected chi connectivity index (χ2v) is 5.93. The van der Waals surface area contributed by atoms with E-state index in [0.29, 0.717) is 0 Å². The highest BCUT2D eigenvalue weighted by Gasteiger charge is 2.33. The number of carbonyl (C=O) groups is 2. The van der Waals surface area contributed by atoms with E-state index in [0.717, 1.165) is 32.4 Å². The Hall–Kier alpha value is -1.88. The van der Waals surface area contributed by atoms with Crippen molar-refractivity contribution in [1.29, 1.82) is 0 Å². The van der Waals surface area contributed by atoms with Crippen LogP contribution < -0.4 is 0 Å². The van der Waals surface area contributed by atoms with Crippen LogP contribution in [-0.2, 0) is 16.1 Å². The number of nitrogens with zero attached hydrogens (tertiary/aromatic N) is 2. The second kappa shape index (κ2) is 7.40. The molecular weight excluding hydrogens is 280 g/mol. The van der Waals surface area contributed by atoms with Gasteiger partial charge in [0.25, 0.3) is 0 Å². The van der Waals surface area contributed by atoms with E-state index in [9.17, 15) is 9.59 Å². The first-order valence-corrected chi connectivity index (χ1v) is 7.78. The number of carboxylic acids is 1. The summed E-state index contributed by atoms with van der Waals surface area (Å²) in [6.45, 7) is 3.15. The Balaban J connectivity index is 2.09. The lowest BCUT2D eigenvalue weighted by Gasteiger charge is -2.37. The molecule has 1 aliphatic rings. The van der Waals surface area contributed by atoms with Gasteiger partial charge in [0.1, 0.15) is 6.04 Å². The number of carboxylic acid groups (broad SMARTS) is 1. The van der Waals surface area contributed by atoms with Crippen LogP contribution in [0.3, 0.4) is 0 Å². The molecule has 0 unspecified atom stereocenters. The summed E-state index contributed by atoms with van der Waals surface area (Å²) >= 11 is 0. The van der Waals surface area contributed by atoms with Crippen molar-refractivity contribution in [2.45, 2.75) is 44.8 Å². The topological polar surface area (TPSA) is 60.9 Å². The highest BCUT2D eigenvalue weighted by Crippen LogP contribution is 2.21. The zero-order valence-electron chi connectivity index (χ0n) is 13.2. The first-order valence-electron chi connectivity index (χ1n) is 7.78. The number of likely N-dealkylation sites (N-methyl/N-ethyl adjacent to an activating group) is 1. The lowest BCUT2D eigenvalue weighted by atomic mass is 9.99. The molecule has 0 spiro atoms. The minimum absolute atomic E-state index is 0.0921. The van der Waals surface area contributed by atoms with Gasteiger partial charge in [0, 0.05) is 13.6 Å². The Kier molecular flexibility index (Phi) is 5.55. The summed E-state index contributed by atoms with van der Waals surface area (Å²) in [7, 11) is 1.58. The Morgan fingerprint density at radius 2 is 2.00 bits per heavy atom. The molecule has 1 heterocycles. The maximum Gasteiger partial charge on any atom is 0.326 e. The maximum absolute atomic E-state index is 12.7. The van der Waals surface area contributed by atoms with Crippen molar-refractivity contribution in [1.82, 2.24) is 9.80 Å². The first-order chi connectivity index (χ1) is 10.5. The summed E-state index contributed by atoms with van der Waals surface area (Å²) < 4.78 is 0. The summed E-state index contributed by atoms with van der Waals surface area (Å²) in [6.07, 6.45) is 2.88. The van der Waals surface area contributed by atoms with Crippen molar-refractivity contribution in [3.63, 3.8) is 0 Å². The van der Waals surface area contributed by atoms with Crippen LogP contribution in [-0.4, -0.2) is 52.5 Å². The third-order valence-electron chi connectivity index (χ3n) is 4.41. The number of benzene rings is 1. The van der Waals surface area contributed by atoms with Crippen molar-refractivity contribution in [2.24, 2.45) is 0 Å². The largest absolute Gasteiger partial charge is 0.480 e. The van der Waals surface area contributed by atoms with E-state index in [1.807, 2.05) is 18.2 Å². The maximum atomic E-state index is 12.7. The number of likely N-dealkylation sites (tertiary alicyclic amines) is 1. The van der Waals surface area contributed by atoms with Gasteiger partial charge in [-0.1, -0.05) is 36.8 Å². The number of hydrogen-bond donors (Lipinski definition) is 1. The van der Waals surface area contributed by atoms with E-state index in [-0.39, 0.29) is 11.9 Å². The third-order valence-corrected chi connectivity index (χ3v) is 4.41. The van der Waals surface area contributed by atoms with Gasteiger partial charge in [0.2, 0.25) is 5.91 Å². The first kappa shape index (κ1) is 16.5. The van der Waals surface area contributed by atoms with Gasteiger partial charge < -0.3 is 10.0 Å². The molecule has 0 radical (unpaired) electrons. The average Bonchev–Trinajstić information content (AvgIpc) is 2.54. The van der Waals surface area contributed by atoms with Crippen LogP contribution in [0.1, 0.15) is 31.7 Å². The molecule has 1 aromatic rings. The molecule has 2 rings (SSSR count). The molecule has 0 aliphatic carbocycles. The van der Waals surface area contributed by atoms with Gasteiger partial charge in [0.05, 0.1) is 6.04 Å². The molecule has 1 fully saturated rings. The molecule has 0 aromatic heterocycles. The predicted octanol–water partition coefficient (Wildman–Crippen LogP) is 1.97. The fourth-order valence-electron chi connectivity index (χ4n) is 2.87. The molecule has 0 bridgehead atoms. The standard InChI is InChI=1S/C17H24N2O3/c1-13(17(21)22)18(2)16(20)15-10-6-7-11-19(15)12-14-8-4-3-5-9-14/h3-5,8-9,13,15H,6-7,10-12H2,1-2H3,(H,21,22)/t13-,15-/m1/s1. The zero-order chi connectivity index (χ0) is 16.1. The monoisotopic (exact) mass is 304 g/mol. The summed E-state index contributed by atoms with van der Waals surface area (Å²) in [5.41, 5.74) is 1.18. The predicted molar refractivity (Wildman–Crippen MR) is 84.4 cm³/mol. The zero-order valence-corrected chi connectivity index (χ0v) is 13.2. The van der Waals surface area contributed by atoms with Crippen LogP contribution in [0.25, 0.3) is 0 Å². The van der Waals surface area contributed by atoms with Gasteiger partial charge >= 0.3 is 5.97 Å². The fraction of sp³-hybridized carbons (Fsp3) is 0.529. The molecule has 5 heteroatoms. The molecule has 1 amide bonds. The summed E-state index contributed by atoms with van der Waals surface area (Å²) in [5.74, 6) is -1.06. The number of aliphatic carboxylic acids is 1. The van der Waals surface area contributed by atoms with Gasteiger partial charge in [-0.3, -0.25) is 9.69 Å². The minimum atomic E-state index is -0.971. The van der Waals surface area contributed by atoms with Crippen molar-refractivity contribution >= 4 is 11.9 Å². The fourth-order valence-corrected chi connectivity index (χ4v) is 2.87. The number of rotatable bonds is 5. The molecule has 1 aliphatic heterocycles. The van der Waals surface area contributed by atoms with Crippen LogP contribution >= 0.6 is 0 Å². The second-order valence-electron chi connectivity index (χ2n) is 5.93. The van der Waals surface area contributed by atoms with Gasteiger partial charge in [0.15, 0.2) is 0 Å². The summed E-state index contributed by atoms with van der Waals surface area (Å²) in [6, 6.07) is 9.06. The molecule has 2 atom stereocenters. The molecule has 1 saturated heterocycles. The van der Waals surface area contributed by atoms with Crippen molar-refractivity contribution in [3.05, 3.63) is 35.9 Å². The van der Waals surface area contributed by atoms with E-state index < -0.39 is 12.0 Å². The molecule has 22 heavy (non-hydrogen) atoms. The molecule has 1 aromatic carbocycles. The van der Waals surface area contributed by atoms with Crippen LogP contribution in [0.15, 0.2) is 30.3 Å². The smallest absolute Gasteiger partial charge is 0.326 e. The van der Waals surface area contributed by atoms with Gasteiger partial charge in [-0.25, -0.2) is 4.79 Å². The quantitative estimate of drug-likeness (QED) is 0.903. The van der Waals surface area contributed by atoms with Crippen molar-refractivity contribution in [2.75, 3.05) is 13.6 Å². The van der Waals surface area contributed by atoms with E-state index in [4.69, 9.17) is 5.11 Å². The van der Waals surface area contributed by atoms with E-state index >= 15 is 0 Å². The normalized spacial score (nSPS) is 20.4. The van der Waals surface area contributed by atoms with Gasteiger partial charge in [-0.05, 0) is 31.9 Å². The van der Waals surface area contributed by atoms with Gasteiger partial charge in [-0.15, -0.1) is 0 Å². The van der Waals surface area contributed by atoms with Crippen LogP contribution in [0.4, 0.5) is 0 Å². The number of amides is 1. The number of hydrogen-bond acceptors (Lipinski definition) is 3. The Labute approximate surface area is 131 Å². The Morgan fingerprint density at radius 3 is 2.64 bits per heavy atom. The molecular formula is C17H24N2O3. The molecule has 1 N–H and O–H groups in total. The highest BCUT2D eigenvalue weighted by molar-refractivity contribution is 5.86. The summed E-state index contributed by atoms with van der Waals surface area (Å²) in [5, 5.41) is 9.09. The Bertz CT molecular complexity index is 518.